The molecule has 1 amide bonds. The highest BCUT2D eigenvalue weighted by Crippen LogP contribution is 2.26. The van der Waals surface area contributed by atoms with Crippen LogP contribution in [0.1, 0.15) is 10.4 Å². The molecule has 27 heavy (non-hydrogen) atoms. The molecule has 0 fully saturated rings. The Bertz CT molecular complexity index is 1060. The van der Waals surface area contributed by atoms with E-state index in [0.717, 1.165) is 6.07 Å². The van der Waals surface area contributed by atoms with Gasteiger partial charge in [0, 0.05) is 35.9 Å². The molecule has 0 saturated heterocycles. The summed E-state index contributed by atoms with van der Waals surface area (Å²) in [6, 6.07) is 10.9. The van der Waals surface area contributed by atoms with Gasteiger partial charge in [0.1, 0.15) is 0 Å². The summed E-state index contributed by atoms with van der Waals surface area (Å²) in [5.74, 6) is -0.442. The van der Waals surface area contributed by atoms with E-state index < -0.39 is 15.8 Å². The normalized spacial score (nSPS) is 10.4. The van der Waals surface area contributed by atoms with Crippen LogP contribution in [-0.4, -0.2) is 26.0 Å². The van der Waals surface area contributed by atoms with Gasteiger partial charge in [-0.1, -0.05) is 23.7 Å². The molecule has 10 nitrogen and oxygen atoms in total. The highest BCUT2D eigenvalue weighted by molar-refractivity contribution is 6.34. The van der Waals surface area contributed by atoms with Gasteiger partial charge in [0.25, 0.3) is 17.3 Å². The Balaban J connectivity index is 1.80. The molecule has 3 rings (SSSR count). The molecule has 11 heteroatoms. The number of amides is 1. The minimum atomic E-state index is -0.618. The van der Waals surface area contributed by atoms with E-state index in [1.54, 1.807) is 6.07 Å². The molecule has 1 heterocycles. The first-order valence-electron chi connectivity index (χ1n) is 7.40. The smallest absolute Gasteiger partial charge is 0.270 e. The van der Waals surface area contributed by atoms with Crippen molar-refractivity contribution in [1.82, 2.24) is 10.2 Å². The largest absolute Gasteiger partial charge is 0.305 e. The molecule has 0 radical (unpaired) electrons. The Morgan fingerprint density at radius 1 is 1.04 bits per heavy atom. The molecule has 136 valence electrons. The molecule has 0 aliphatic rings. The van der Waals surface area contributed by atoms with E-state index in [1.165, 1.54) is 36.4 Å². The van der Waals surface area contributed by atoms with Gasteiger partial charge in [-0.3, -0.25) is 30.1 Å². The number of hydrogen-bond acceptors (Lipinski definition) is 6. The molecule has 0 aliphatic heterocycles. The number of aromatic amines is 1. The maximum absolute atomic E-state index is 12.3. The lowest BCUT2D eigenvalue weighted by atomic mass is 10.1. The number of rotatable bonds is 5. The lowest BCUT2D eigenvalue weighted by molar-refractivity contribution is -0.385. The Morgan fingerprint density at radius 2 is 1.74 bits per heavy atom. The molecule has 1 aromatic heterocycles. The molecule has 0 saturated carbocycles. The summed E-state index contributed by atoms with van der Waals surface area (Å²) in [5.41, 5.74) is 0.714. The number of nitro benzene ring substituents is 2. The van der Waals surface area contributed by atoms with E-state index in [2.05, 4.69) is 15.5 Å². The van der Waals surface area contributed by atoms with Crippen LogP contribution in [0.4, 0.5) is 17.2 Å². The lowest BCUT2D eigenvalue weighted by Gasteiger charge is -2.03. The van der Waals surface area contributed by atoms with Gasteiger partial charge in [0.15, 0.2) is 5.82 Å². The average Bonchev–Trinajstić information content (AvgIpc) is 3.10. The summed E-state index contributed by atoms with van der Waals surface area (Å²) in [4.78, 5) is 32.7. The zero-order valence-electron chi connectivity index (χ0n) is 13.4. The minimum absolute atomic E-state index is 0.0437. The van der Waals surface area contributed by atoms with Crippen LogP contribution in [0, 0.1) is 20.2 Å². The van der Waals surface area contributed by atoms with Gasteiger partial charge in [0.05, 0.1) is 26.1 Å². The molecule has 0 bridgehead atoms. The maximum Gasteiger partial charge on any atom is 0.270 e. The zero-order chi connectivity index (χ0) is 19.6. The van der Waals surface area contributed by atoms with E-state index in [0.29, 0.717) is 11.3 Å². The summed E-state index contributed by atoms with van der Waals surface area (Å²) in [6.07, 6.45) is 0. The molecule has 3 aromatic rings. The monoisotopic (exact) mass is 387 g/mol. The van der Waals surface area contributed by atoms with Crippen molar-refractivity contribution in [2.24, 2.45) is 0 Å². The van der Waals surface area contributed by atoms with Crippen molar-refractivity contribution in [3.8, 4) is 11.3 Å². The number of halogens is 1. The van der Waals surface area contributed by atoms with Crippen LogP contribution >= 0.6 is 11.6 Å². The fraction of sp³-hybridized carbons (Fsp3) is 0. The number of nitro groups is 2. The van der Waals surface area contributed by atoms with Crippen molar-refractivity contribution < 1.29 is 14.6 Å². The van der Waals surface area contributed by atoms with E-state index in [-0.39, 0.29) is 27.8 Å². The van der Waals surface area contributed by atoms with E-state index in [9.17, 15) is 25.0 Å². The van der Waals surface area contributed by atoms with Gasteiger partial charge in [-0.25, -0.2) is 0 Å². The van der Waals surface area contributed by atoms with Crippen LogP contribution in [-0.2, 0) is 0 Å². The number of non-ortho nitro benzene ring substituents is 2. The fourth-order valence-corrected chi connectivity index (χ4v) is 2.57. The Hall–Kier alpha value is -3.79. The number of nitrogens with zero attached hydrogens (tertiary/aromatic N) is 3. The Labute approximate surface area is 156 Å². The fourth-order valence-electron chi connectivity index (χ4n) is 2.31. The van der Waals surface area contributed by atoms with Crippen molar-refractivity contribution in [2.45, 2.75) is 0 Å². The number of anilines is 1. The highest BCUT2D eigenvalue weighted by Gasteiger charge is 2.16. The maximum atomic E-state index is 12.3. The molecule has 0 spiro atoms. The number of carbonyl (C=O) groups excluding carboxylic acids is 1. The van der Waals surface area contributed by atoms with Crippen molar-refractivity contribution in [1.29, 1.82) is 0 Å². The predicted molar refractivity (Wildman–Crippen MR) is 96.7 cm³/mol. The Morgan fingerprint density at radius 3 is 2.41 bits per heavy atom. The Kier molecular flexibility index (Phi) is 4.81. The van der Waals surface area contributed by atoms with Crippen molar-refractivity contribution in [2.75, 3.05) is 5.32 Å². The van der Waals surface area contributed by atoms with Gasteiger partial charge in [0.2, 0.25) is 0 Å². The summed E-state index contributed by atoms with van der Waals surface area (Å²) in [6.45, 7) is 0. The number of benzene rings is 2. The first-order chi connectivity index (χ1) is 12.8. The third-order valence-electron chi connectivity index (χ3n) is 3.60. The first-order valence-corrected chi connectivity index (χ1v) is 7.78. The summed E-state index contributed by atoms with van der Waals surface area (Å²) >= 11 is 5.93. The van der Waals surface area contributed by atoms with Crippen LogP contribution in [0.15, 0.2) is 48.5 Å². The van der Waals surface area contributed by atoms with Crippen LogP contribution in [0.5, 0.6) is 0 Å². The second kappa shape index (κ2) is 7.22. The van der Waals surface area contributed by atoms with Gasteiger partial charge in [-0.05, 0) is 6.07 Å². The van der Waals surface area contributed by atoms with Crippen LogP contribution < -0.4 is 5.32 Å². The molecule has 0 unspecified atom stereocenters. The minimum Gasteiger partial charge on any atom is -0.305 e. The lowest BCUT2D eigenvalue weighted by Crippen LogP contribution is -2.12. The SMILES string of the molecule is O=C(Nc1cc(-c2cccc([N+](=O)[O-])c2)[nH]n1)c1ccc([N+](=O)[O-])cc1Cl. The van der Waals surface area contributed by atoms with Crippen LogP contribution in [0.3, 0.4) is 0 Å². The van der Waals surface area contributed by atoms with Gasteiger partial charge in [-0.15, -0.1) is 0 Å². The average molecular weight is 388 g/mol. The molecule has 0 aliphatic carbocycles. The van der Waals surface area contributed by atoms with Gasteiger partial charge >= 0.3 is 0 Å². The third kappa shape index (κ3) is 3.90. The number of hydrogen-bond donors (Lipinski definition) is 2. The topological polar surface area (TPSA) is 144 Å². The highest BCUT2D eigenvalue weighted by atomic mass is 35.5. The second-order valence-electron chi connectivity index (χ2n) is 5.35. The van der Waals surface area contributed by atoms with Crippen molar-refractivity contribution >= 4 is 34.7 Å². The molecule has 2 aromatic carbocycles. The summed E-state index contributed by atoms with van der Waals surface area (Å²) in [5, 5.41) is 30.6. The van der Waals surface area contributed by atoms with Crippen LogP contribution in [0.25, 0.3) is 11.3 Å². The molecular formula is C16H10ClN5O5. The summed E-state index contributed by atoms with van der Waals surface area (Å²) < 4.78 is 0. The molecular weight excluding hydrogens is 378 g/mol. The van der Waals surface area contributed by atoms with Gasteiger partial charge < -0.3 is 5.32 Å². The zero-order valence-corrected chi connectivity index (χ0v) is 14.1. The van der Waals surface area contributed by atoms with Crippen molar-refractivity contribution in [3.63, 3.8) is 0 Å². The van der Waals surface area contributed by atoms with Crippen LogP contribution in [0.2, 0.25) is 5.02 Å². The predicted octanol–water partition coefficient (Wildman–Crippen LogP) is 3.80. The number of nitrogens with one attached hydrogen (secondary N) is 2. The van der Waals surface area contributed by atoms with Crippen molar-refractivity contribution in [3.05, 3.63) is 79.3 Å². The van der Waals surface area contributed by atoms with E-state index in [1.807, 2.05) is 0 Å². The van der Waals surface area contributed by atoms with Gasteiger partial charge in [-0.2, -0.15) is 5.10 Å². The summed E-state index contributed by atoms with van der Waals surface area (Å²) in [7, 11) is 0. The number of carbonyl (C=O) groups is 1. The number of H-pyrrole nitrogens is 1. The molecule has 0 atom stereocenters. The second-order valence-corrected chi connectivity index (χ2v) is 5.76. The quantitative estimate of drug-likeness (QED) is 0.503. The first kappa shape index (κ1) is 18.0. The number of aromatic nitrogens is 2. The third-order valence-corrected chi connectivity index (χ3v) is 3.91. The van der Waals surface area contributed by atoms with E-state index in [4.69, 9.17) is 11.6 Å². The molecule has 2 N–H and O–H groups in total. The van der Waals surface area contributed by atoms with E-state index >= 15 is 0 Å². The standard InChI is InChI=1S/C16H10ClN5O5/c17-13-7-11(22(26)27)4-5-12(13)16(23)18-15-8-14(19-20-15)9-2-1-3-10(6-9)21(24)25/h1-8H,(H2,18,19,20,23).